The van der Waals surface area contributed by atoms with Crippen molar-refractivity contribution in [3.8, 4) is 0 Å². The first-order valence-electron chi connectivity index (χ1n) is 8.83. The minimum Gasteiger partial charge on any atom is -0.349 e. The zero-order chi connectivity index (χ0) is 17.3. The molecule has 5 heteroatoms. The number of pyridine rings is 2. The summed E-state index contributed by atoms with van der Waals surface area (Å²) in [5.74, 6) is 0.198. The molecular formula is C19H25N3O2. The molecule has 0 bridgehead atoms. The molecule has 3 rings (SSSR count). The average molecular weight is 327 g/mol. The first-order chi connectivity index (χ1) is 11.5. The Morgan fingerprint density at radius 3 is 2.79 bits per heavy atom. The lowest BCUT2D eigenvalue weighted by Crippen LogP contribution is -2.42. The number of hydrogen-bond acceptors (Lipinski definition) is 3. The van der Waals surface area contributed by atoms with Crippen molar-refractivity contribution < 1.29 is 4.79 Å². The van der Waals surface area contributed by atoms with E-state index in [1.165, 1.54) is 6.42 Å². The molecule has 1 aliphatic rings. The molecule has 0 aliphatic heterocycles. The van der Waals surface area contributed by atoms with Crippen molar-refractivity contribution in [2.45, 2.75) is 59.0 Å². The Morgan fingerprint density at radius 2 is 2.08 bits per heavy atom. The number of aromatic nitrogens is 2. The van der Waals surface area contributed by atoms with Gasteiger partial charge in [-0.05, 0) is 44.7 Å². The number of fused-ring (bicyclic) bond motifs is 1. The maximum Gasteiger partial charge on any atom is 0.257 e. The molecule has 2 atom stereocenters. The third-order valence-electron chi connectivity index (χ3n) is 5.07. The third kappa shape index (κ3) is 3.07. The highest BCUT2D eigenvalue weighted by molar-refractivity contribution is 5.97. The van der Waals surface area contributed by atoms with Gasteiger partial charge < -0.3 is 9.88 Å². The second kappa shape index (κ2) is 6.75. The highest BCUT2D eigenvalue weighted by atomic mass is 16.2. The second-order valence-electron chi connectivity index (χ2n) is 6.82. The molecule has 0 radical (unpaired) electrons. The molecule has 2 heterocycles. The van der Waals surface area contributed by atoms with Crippen molar-refractivity contribution >= 4 is 16.9 Å². The van der Waals surface area contributed by atoms with Crippen molar-refractivity contribution in [2.24, 2.45) is 5.92 Å². The van der Waals surface area contributed by atoms with Crippen LogP contribution in [0.15, 0.2) is 23.1 Å². The molecule has 1 aliphatic carbocycles. The molecule has 5 nitrogen and oxygen atoms in total. The van der Waals surface area contributed by atoms with Gasteiger partial charge in [-0.3, -0.25) is 9.59 Å². The number of carbonyl (C=O) groups is 1. The Bertz CT molecular complexity index is 825. The van der Waals surface area contributed by atoms with Crippen LogP contribution in [0, 0.1) is 12.8 Å². The molecule has 2 aromatic heterocycles. The summed E-state index contributed by atoms with van der Waals surface area (Å²) in [6, 6.07) is 3.74. The molecule has 2 aromatic rings. The Labute approximate surface area is 142 Å². The minimum atomic E-state index is -0.261. The van der Waals surface area contributed by atoms with E-state index in [1.807, 2.05) is 24.5 Å². The lowest BCUT2D eigenvalue weighted by atomic mass is 9.86. The summed E-state index contributed by atoms with van der Waals surface area (Å²) in [4.78, 5) is 29.9. The SMILES string of the molecule is CCn1cc(C(=O)N[C@@H]2CCCC[C@H]2C)c(=O)c2ccc(C)nc21. The number of aryl methyl sites for hydroxylation is 2. The van der Waals surface area contributed by atoms with Crippen LogP contribution in [0.5, 0.6) is 0 Å². The molecule has 1 saturated carbocycles. The zero-order valence-corrected chi connectivity index (χ0v) is 14.6. The van der Waals surface area contributed by atoms with Crippen LogP contribution in [0.2, 0.25) is 0 Å². The van der Waals surface area contributed by atoms with E-state index < -0.39 is 0 Å². The number of nitrogens with zero attached hydrogens (tertiary/aromatic N) is 2. The van der Waals surface area contributed by atoms with E-state index in [1.54, 1.807) is 12.3 Å². The van der Waals surface area contributed by atoms with Crippen molar-refractivity contribution in [3.63, 3.8) is 0 Å². The summed E-state index contributed by atoms with van der Waals surface area (Å²) in [5.41, 5.74) is 1.48. The van der Waals surface area contributed by atoms with E-state index >= 15 is 0 Å². The fraction of sp³-hybridized carbons (Fsp3) is 0.526. The van der Waals surface area contributed by atoms with Crippen LogP contribution in [-0.2, 0) is 6.54 Å². The van der Waals surface area contributed by atoms with E-state index in [2.05, 4.69) is 17.2 Å². The van der Waals surface area contributed by atoms with E-state index in [-0.39, 0.29) is 22.9 Å². The van der Waals surface area contributed by atoms with Gasteiger partial charge in [0.15, 0.2) is 0 Å². The molecular weight excluding hydrogens is 302 g/mol. The van der Waals surface area contributed by atoms with Gasteiger partial charge in [0.1, 0.15) is 11.2 Å². The van der Waals surface area contributed by atoms with Gasteiger partial charge in [-0.2, -0.15) is 0 Å². The average Bonchev–Trinajstić information content (AvgIpc) is 2.57. The highest BCUT2D eigenvalue weighted by Crippen LogP contribution is 2.24. The first kappa shape index (κ1) is 16.7. The predicted octanol–water partition coefficient (Wildman–Crippen LogP) is 3.03. The number of rotatable bonds is 3. The van der Waals surface area contributed by atoms with Crippen LogP contribution in [0.1, 0.15) is 55.6 Å². The fourth-order valence-corrected chi connectivity index (χ4v) is 3.54. The quantitative estimate of drug-likeness (QED) is 0.942. The topological polar surface area (TPSA) is 64.0 Å². The van der Waals surface area contributed by atoms with Gasteiger partial charge in [0.25, 0.3) is 5.91 Å². The summed E-state index contributed by atoms with van der Waals surface area (Å²) in [6.07, 6.45) is 6.13. The van der Waals surface area contributed by atoms with Crippen LogP contribution in [-0.4, -0.2) is 21.5 Å². The second-order valence-corrected chi connectivity index (χ2v) is 6.82. The smallest absolute Gasteiger partial charge is 0.257 e. The largest absolute Gasteiger partial charge is 0.349 e. The predicted molar refractivity (Wildman–Crippen MR) is 95.3 cm³/mol. The van der Waals surface area contributed by atoms with Gasteiger partial charge >= 0.3 is 0 Å². The van der Waals surface area contributed by atoms with Crippen LogP contribution < -0.4 is 10.7 Å². The summed E-state index contributed by atoms with van der Waals surface area (Å²) >= 11 is 0. The van der Waals surface area contributed by atoms with Crippen molar-refractivity contribution in [2.75, 3.05) is 0 Å². The summed E-state index contributed by atoms with van der Waals surface area (Å²) < 4.78 is 1.88. The molecule has 0 saturated heterocycles. The van der Waals surface area contributed by atoms with Gasteiger partial charge in [-0.15, -0.1) is 0 Å². The molecule has 1 amide bonds. The Balaban J connectivity index is 1.99. The van der Waals surface area contributed by atoms with E-state index in [4.69, 9.17) is 0 Å². The maximum absolute atomic E-state index is 12.8. The molecule has 24 heavy (non-hydrogen) atoms. The van der Waals surface area contributed by atoms with Crippen LogP contribution in [0.3, 0.4) is 0 Å². The molecule has 0 aromatic carbocycles. The van der Waals surface area contributed by atoms with Gasteiger partial charge in [-0.25, -0.2) is 4.98 Å². The lowest BCUT2D eigenvalue weighted by molar-refractivity contribution is 0.0908. The van der Waals surface area contributed by atoms with E-state index in [9.17, 15) is 9.59 Å². The van der Waals surface area contributed by atoms with Crippen LogP contribution in [0.4, 0.5) is 0 Å². The Morgan fingerprint density at radius 1 is 1.33 bits per heavy atom. The molecule has 1 fully saturated rings. The molecule has 0 spiro atoms. The Hall–Kier alpha value is -2.17. The number of nitrogens with one attached hydrogen (secondary N) is 1. The zero-order valence-electron chi connectivity index (χ0n) is 14.6. The molecule has 128 valence electrons. The van der Waals surface area contributed by atoms with Crippen molar-refractivity contribution in [1.29, 1.82) is 0 Å². The van der Waals surface area contributed by atoms with Crippen LogP contribution in [0.25, 0.3) is 11.0 Å². The highest BCUT2D eigenvalue weighted by Gasteiger charge is 2.25. The van der Waals surface area contributed by atoms with Gasteiger partial charge in [0.2, 0.25) is 5.43 Å². The number of amides is 1. The summed E-state index contributed by atoms with van der Waals surface area (Å²) in [5, 5.41) is 3.59. The fourth-order valence-electron chi connectivity index (χ4n) is 3.54. The van der Waals surface area contributed by atoms with Crippen molar-refractivity contribution in [3.05, 3.63) is 39.8 Å². The molecule has 1 N–H and O–H groups in total. The third-order valence-corrected chi connectivity index (χ3v) is 5.07. The van der Waals surface area contributed by atoms with Gasteiger partial charge in [-0.1, -0.05) is 19.8 Å². The Kier molecular flexibility index (Phi) is 4.69. The minimum absolute atomic E-state index is 0.160. The maximum atomic E-state index is 12.8. The number of hydrogen-bond donors (Lipinski definition) is 1. The number of carbonyl (C=O) groups excluding carboxylic acids is 1. The van der Waals surface area contributed by atoms with Crippen LogP contribution >= 0.6 is 0 Å². The molecule has 0 unspecified atom stereocenters. The summed E-state index contributed by atoms with van der Waals surface area (Å²) in [7, 11) is 0. The lowest BCUT2D eigenvalue weighted by Gasteiger charge is -2.29. The summed E-state index contributed by atoms with van der Waals surface area (Å²) in [6.45, 7) is 6.71. The first-order valence-corrected chi connectivity index (χ1v) is 8.83. The standard InChI is InChI=1S/C19H25N3O2/c1-4-22-11-15(17(23)14-10-9-13(3)20-18(14)22)19(24)21-16-8-6-5-7-12(16)2/h9-12,16H,4-8H2,1-3H3,(H,21,24)/t12-,16-/m1/s1. The van der Waals surface area contributed by atoms with Gasteiger partial charge in [0.05, 0.1) is 5.39 Å². The monoisotopic (exact) mass is 327 g/mol. The van der Waals surface area contributed by atoms with E-state index in [0.29, 0.717) is 23.5 Å². The normalized spacial score (nSPS) is 21.0. The van der Waals surface area contributed by atoms with Gasteiger partial charge in [0, 0.05) is 24.5 Å². The van der Waals surface area contributed by atoms with E-state index in [0.717, 1.165) is 25.0 Å². The van der Waals surface area contributed by atoms with Crippen molar-refractivity contribution in [1.82, 2.24) is 14.9 Å².